The first-order valence-corrected chi connectivity index (χ1v) is 11.3. The SMILES string of the molecule is Cc1c(OC2CCN(C(=O)OC(C)C)CC2)ncnc1OC1CCN(S(=O)[O-])CC1. The van der Waals surface area contributed by atoms with Crippen LogP contribution in [0, 0.1) is 6.92 Å². The third kappa shape index (κ3) is 6.02. The molecular formula is C19H29N4O6S-. The van der Waals surface area contributed by atoms with Crippen LogP contribution >= 0.6 is 0 Å². The van der Waals surface area contributed by atoms with E-state index in [2.05, 4.69) is 9.97 Å². The minimum absolute atomic E-state index is 0.0511. The number of piperidine rings is 2. The van der Waals surface area contributed by atoms with Gasteiger partial charge in [0.25, 0.3) is 0 Å². The van der Waals surface area contributed by atoms with E-state index in [1.54, 1.807) is 4.90 Å². The van der Waals surface area contributed by atoms with Crippen LogP contribution in [0.3, 0.4) is 0 Å². The van der Waals surface area contributed by atoms with Gasteiger partial charge in [0, 0.05) is 50.3 Å². The van der Waals surface area contributed by atoms with E-state index in [0.29, 0.717) is 69.2 Å². The number of ether oxygens (including phenoxy) is 3. The van der Waals surface area contributed by atoms with Gasteiger partial charge in [0.2, 0.25) is 11.8 Å². The second-order valence-corrected chi connectivity index (χ2v) is 8.76. The molecule has 1 aromatic rings. The molecule has 1 unspecified atom stereocenters. The smallest absolute Gasteiger partial charge is 0.410 e. The molecule has 0 spiro atoms. The van der Waals surface area contributed by atoms with Crippen LogP contribution in [0.2, 0.25) is 0 Å². The van der Waals surface area contributed by atoms with Crippen molar-refractivity contribution in [3.05, 3.63) is 11.9 Å². The highest BCUT2D eigenvalue weighted by Gasteiger charge is 2.27. The molecule has 2 aliphatic rings. The largest absolute Gasteiger partial charge is 0.760 e. The van der Waals surface area contributed by atoms with Gasteiger partial charge in [-0.2, -0.15) is 0 Å². The van der Waals surface area contributed by atoms with Crippen molar-refractivity contribution in [1.82, 2.24) is 19.2 Å². The average molecular weight is 442 g/mol. The van der Waals surface area contributed by atoms with Crippen LogP contribution in [-0.4, -0.2) is 78.5 Å². The standard InChI is InChI=1S/C19H30N4O6S/c1-13(2)27-19(24)22-8-4-15(5-9-22)28-17-14(3)18(21-12-20-17)29-16-6-10-23(11-7-16)30(25)26/h12-13,15-16H,4-11H2,1-3H3,(H,25,26)/p-1. The predicted octanol–water partition coefficient (Wildman–Crippen LogP) is 1.81. The van der Waals surface area contributed by atoms with Gasteiger partial charge in [-0.15, -0.1) is 0 Å². The highest BCUT2D eigenvalue weighted by molar-refractivity contribution is 7.76. The van der Waals surface area contributed by atoms with Gasteiger partial charge in [-0.1, -0.05) is 0 Å². The van der Waals surface area contributed by atoms with Crippen molar-refractivity contribution in [2.24, 2.45) is 0 Å². The fourth-order valence-corrected chi connectivity index (χ4v) is 4.01. The van der Waals surface area contributed by atoms with E-state index in [0.717, 1.165) is 0 Å². The Hall–Kier alpha value is -1.98. The Morgan fingerprint density at radius 3 is 2.03 bits per heavy atom. The van der Waals surface area contributed by atoms with Crippen molar-refractivity contribution in [2.75, 3.05) is 26.2 Å². The Kier molecular flexibility index (Phi) is 7.84. The second-order valence-electron chi connectivity index (χ2n) is 7.81. The van der Waals surface area contributed by atoms with Crippen molar-refractivity contribution >= 4 is 17.4 Å². The topological polar surface area (TPSA) is 117 Å². The molecule has 0 saturated carbocycles. The fraction of sp³-hybridized carbons (Fsp3) is 0.737. The number of hydrogen-bond acceptors (Lipinski definition) is 8. The zero-order valence-electron chi connectivity index (χ0n) is 17.6. The lowest BCUT2D eigenvalue weighted by atomic mass is 10.1. The number of nitrogens with zero attached hydrogens (tertiary/aromatic N) is 4. The summed E-state index contributed by atoms with van der Waals surface area (Å²) in [4.78, 5) is 22.2. The molecule has 11 heteroatoms. The monoisotopic (exact) mass is 441 g/mol. The Balaban J connectivity index is 1.52. The van der Waals surface area contributed by atoms with E-state index < -0.39 is 11.3 Å². The Bertz CT molecular complexity index is 749. The quantitative estimate of drug-likeness (QED) is 0.614. The number of carbonyl (C=O) groups excluding carboxylic acids is 1. The van der Waals surface area contributed by atoms with Crippen molar-refractivity contribution in [1.29, 1.82) is 0 Å². The van der Waals surface area contributed by atoms with Crippen molar-refractivity contribution < 1.29 is 27.8 Å². The van der Waals surface area contributed by atoms with Gasteiger partial charge in [-0.25, -0.2) is 19.1 Å². The molecule has 2 fully saturated rings. The molecule has 0 radical (unpaired) electrons. The number of hydrogen-bond donors (Lipinski definition) is 0. The molecule has 1 aromatic heterocycles. The molecule has 30 heavy (non-hydrogen) atoms. The first-order valence-electron chi connectivity index (χ1n) is 10.3. The molecule has 3 rings (SSSR count). The Morgan fingerprint density at radius 1 is 1.07 bits per heavy atom. The first-order chi connectivity index (χ1) is 14.3. The molecule has 0 bridgehead atoms. The Morgan fingerprint density at radius 2 is 1.57 bits per heavy atom. The molecule has 2 aliphatic heterocycles. The maximum absolute atomic E-state index is 12.0. The van der Waals surface area contributed by atoms with E-state index in [9.17, 15) is 13.6 Å². The van der Waals surface area contributed by atoms with Crippen LogP contribution in [0.15, 0.2) is 6.33 Å². The van der Waals surface area contributed by atoms with E-state index in [1.165, 1.54) is 10.6 Å². The number of likely N-dealkylation sites (tertiary alicyclic amines) is 1. The van der Waals surface area contributed by atoms with E-state index >= 15 is 0 Å². The van der Waals surface area contributed by atoms with Crippen LogP contribution in [-0.2, 0) is 16.0 Å². The summed E-state index contributed by atoms with van der Waals surface area (Å²) < 4.78 is 40.8. The van der Waals surface area contributed by atoms with Gasteiger partial charge in [-0.3, -0.25) is 4.21 Å². The molecule has 0 aromatic carbocycles. The number of amides is 1. The normalized spacial score (nSPS) is 20.2. The second kappa shape index (κ2) is 10.4. The zero-order valence-corrected chi connectivity index (χ0v) is 18.4. The van der Waals surface area contributed by atoms with Crippen molar-refractivity contribution in [3.63, 3.8) is 0 Å². The summed E-state index contributed by atoms with van der Waals surface area (Å²) in [7, 11) is 0. The highest BCUT2D eigenvalue weighted by atomic mass is 32.2. The van der Waals surface area contributed by atoms with Gasteiger partial charge in [-0.05, 0) is 33.6 Å². The van der Waals surface area contributed by atoms with E-state index in [4.69, 9.17) is 14.2 Å². The molecule has 0 N–H and O–H groups in total. The summed E-state index contributed by atoms with van der Waals surface area (Å²) in [6.45, 7) is 7.53. The van der Waals surface area contributed by atoms with Gasteiger partial charge in [0.05, 0.1) is 11.7 Å². The maximum atomic E-state index is 12.0. The predicted molar refractivity (Wildman–Crippen MR) is 108 cm³/mol. The lowest BCUT2D eigenvalue weighted by Gasteiger charge is -2.33. The third-order valence-corrected chi connectivity index (χ3v) is 5.98. The molecule has 2 saturated heterocycles. The Labute approximate surface area is 179 Å². The molecular weight excluding hydrogens is 412 g/mol. The fourth-order valence-electron chi connectivity index (χ4n) is 3.50. The zero-order chi connectivity index (χ0) is 21.7. The number of aromatic nitrogens is 2. The number of carbonyl (C=O) groups is 1. The summed E-state index contributed by atoms with van der Waals surface area (Å²) in [5, 5.41) is 0. The maximum Gasteiger partial charge on any atom is 0.410 e. The van der Waals surface area contributed by atoms with Gasteiger partial charge < -0.3 is 23.7 Å². The van der Waals surface area contributed by atoms with Gasteiger partial charge in [0.15, 0.2) is 0 Å². The molecule has 168 valence electrons. The van der Waals surface area contributed by atoms with Gasteiger partial charge >= 0.3 is 6.09 Å². The molecule has 10 nitrogen and oxygen atoms in total. The molecule has 1 amide bonds. The minimum Gasteiger partial charge on any atom is -0.760 e. The average Bonchev–Trinajstić information content (AvgIpc) is 2.71. The third-order valence-electron chi connectivity index (χ3n) is 5.20. The lowest BCUT2D eigenvalue weighted by molar-refractivity contribution is 0.0503. The van der Waals surface area contributed by atoms with Crippen LogP contribution in [0.5, 0.6) is 11.8 Å². The van der Waals surface area contributed by atoms with Crippen LogP contribution in [0.4, 0.5) is 4.79 Å². The summed E-state index contributed by atoms with van der Waals surface area (Å²) in [6, 6.07) is 0. The summed E-state index contributed by atoms with van der Waals surface area (Å²) in [5.41, 5.74) is 0.717. The van der Waals surface area contributed by atoms with Crippen molar-refractivity contribution in [3.8, 4) is 11.8 Å². The van der Waals surface area contributed by atoms with Crippen molar-refractivity contribution in [2.45, 2.75) is 64.8 Å². The van der Waals surface area contributed by atoms with E-state index in [1.807, 2.05) is 20.8 Å². The summed E-state index contributed by atoms with van der Waals surface area (Å²) in [6.07, 6.45) is 3.44. The highest BCUT2D eigenvalue weighted by Crippen LogP contribution is 2.28. The first kappa shape index (κ1) is 22.7. The molecule has 1 atom stereocenters. The van der Waals surface area contributed by atoms with E-state index in [-0.39, 0.29) is 24.4 Å². The number of rotatable bonds is 6. The summed E-state index contributed by atoms with van der Waals surface area (Å²) >= 11 is -2.18. The molecule has 3 heterocycles. The van der Waals surface area contributed by atoms with Gasteiger partial charge in [0.1, 0.15) is 18.5 Å². The van der Waals surface area contributed by atoms with Crippen LogP contribution in [0.25, 0.3) is 0 Å². The van der Waals surface area contributed by atoms with Crippen LogP contribution in [0.1, 0.15) is 45.1 Å². The minimum atomic E-state index is -2.18. The van der Waals surface area contributed by atoms with Crippen LogP contribution < -0.4 is 9.47 Å². The summed E-state index contributed by atoms with van der Waals surface area (Å²) in [5.74, 6) is 0.931. The lowest BCUT2D eigenvalue weighted by Crippen LogP contribution is -2.42. The molecule has 0 aliphatic carbocycles.